The molecule has 0 saturated carbocycles. The second-order valence-electron chi connectivity index (χ2n) is 4.92. The second-order valence-corrected chi connectivity index (χ2v) is 4.92. The van der Waals surface area contributed by atoms with Gasteiger partial charge in [0, 0.05) is 18.7 Å². The van der Waals surface area contributed by atoms with Crippen molar-refractivity contribution in [1.29, 1.82) is 0 Å². The van der Waals surface area contributed by atoms with Gasteiger partial charge in [0.05, 0.1) is 26.1 Å². The Labute approximate surface area is 141 Å². The van der Waals surface area contributed by atoms with E-state index in [-0.39, 0.29) is 5.97 Å². The Balaban J connectivity index is 0.000000381. The number of halogens is 3. The average molecular weight is 359 g/mol. The third-order valence-corrected chi connectivity index (χ3v) is 2.99. The summed E-state index contributed by atoms with van der Waals surface area (Å²) in [6, 6.07) is 3.84. The van der Waals surface area contributed by atoms with E-state index in [9.17, 15) is 18.0 Å². The van der Waals surface area contributed by atoms with Crippen LogP contribution in [-0.2, 0) is 34.3 Å². The molecule has 2 aromatic rings. The van der Waals surface area contributed by atoms with E-state index in [1.165, 1.54) is 7.11 Å². The van der Waals surface area contributed by atoms with Crippen molar-refractivity contribution in [2.24, 2.45) is 7.05 Å². The molecular weight excluding hydrogens is 343 g/mol. The quantitative estimate of drug-likeness (QED) is 0.556. The van der Waals surface area contributed by atoms with Crippen LogP contribution in [0.1, 0.15) is 11.3 Å². The fourth-order valence-electron chi connectivity index (χ4n) is 1.74. The number of imidazole rings is 1. The Morgan fingerprint density at radius 3 is 2.52 bits per heavy atom. The van der Waals surface area contributed by atoms with Crippen LogP contribution in [0, 0.1) is 0 Å². The number of aliphatic carboxylic acids is 1. The van der Waals surface area contributed by atoms with Crippen molar-refractivity contribution >= 4 is 11.9 Å². The van der Waals surface area contributed by atoms with E-state index in [2.05, 4.69) is 9.72 Å². The van der Waals surface area contributed by atoms with E-state index in [1.807, 2.05) is 46.9 Å². The fraction of sp³-hybridized carbons (Fsp3) is 0.333. The molecule has 0 atom stereocenters. The molecule has 10 heteroatoms. The molecule has 0 amide bonds. The lowest BCUT2D eigenvalue weighted by atomic mass is 10.2. The molecule has 2 aromatic heterocycles. The number of carbonyl (C=O) groups is 2. The highest BCUT2D eigenvalue weighted by atomic mass is 19.4. The van der Waals surface area contributed by atoms with E-state index >= 15 is 0 Å². The number of esters is 1. The first kappa shape index (κ1) is 20.1. The lowest BCUT2D eigenvalue weighted by Crippen LogP contribution is -2.37. The number of carbonyl (C=O) groups excluding carboxylic acids is 2. The highest BCUT2D eigenvalue weighted by Gasteiger charge is 2.28. The zero-order valence-corrected chi connectivity index (χ0v) is 13.5. The molecule has 0 spiro atoms. The third kappa shape index (κ3) is 7.02. The Kier molecular flexibility index (Phi) is 7.09. The molecule has 2 heterocycles. The van der Waals surface area contributed by atoms with Crippen LogP contribution >= 0.6 is 0 Å². The van der Waals surface area contributed by atoms with Crippen molar-refractivity contribution in [2.45, 2.75) is 19.1 Å². The molecule has 7 nitrogen and oxygen atoms in total. The summed E-state index contributed by atoms with van der Waals surface area (Å²) in [5, 5.41) is 8.78. The predicted molar refractivity (Wildman–Crippen MR) is 75.7 cm³/mol. The molecule has 0 unspecified atom stereocenters. The monoisotopic (exact) mass is 359 g/mol. The summed E-state index contributed by atoms with van der Waals surface area (Å²) in [6.45, 7) is 0.728. The zero-order chi connectivity index (χ0) is 19.0. The van der Waals surface area contributed by atoms with Gasteiger partial charge >= 0.3 is 12.1 Å². The normalized spacial score (nSPS) is 10.6. The first-order chi connectivity index (χ1) is 11.6. The number of aromatic nitrogens is 3. The summed E-state index contributed by atoms with van der Waals surface area (Å²) in [5.74, 6) is -3.24. The minimum absolute atomic E-state index is 0.228. The maximum absolute atomic E-state index is 11.2. The molecular formula is C15H16F3N3O4. The number of pyridine rings is 1. The predicted octanol–water partition coefficient (Wildman–Crippen LogP) is -0.230. The van der Waals surface area contributed by atoms with Gasteiger partial charge in [0.25, 0.3) is 0 Å². The Bertz CT molecular complexity index is 729. The minimum atomic E-state index is -5.19. The SMILES string of the molecule is COC(=O)Cc1ccc[n+](Cc2cncn2C)c1.O=C([O-])C(F)(F)F. The van der Waals surface area contributed by atoms with Crippen molar-refractivity contribution in [1.82, 2.24) is 9.55 Å². The van der Waals surface area contributed by atoms with Crippen molar-refractivity contribution in [2.75, 3.05) is 7.11 Å². The number of carboxylic acid groups (broad SMARTS) is 1. The van der Waals surface area contributed by atoms with Crippen LogP contribution in [0.25, 0.3) is 0 Å². The lowest BCUT2D eigenvalue weighted by Gasteiger charge is -2.03. The molecule has 0 saturated heterocycles. The molecule has 0 radical (unpaired) electrons. The zero-order valence-electron chi connectivity index (χ0n) is 13.5. The summed E-state index contributed by atoms with van der Waals surface area (Å²) >= 11 is 0. The first-order valence-electron chi connectivity index (χ1n) is 6.91. The van der Waals surface area contributed by atoms with Gasteiger partial charge in [-0.1, -0.05) is 0 Å². The summed E-state index contributed by atoms with van der Waals surface area (Å²) in [5.41, 5.74) is 2.04. The van der Waals surface area contributed by atoms with Crippen molar-refractivity contribution in [3.8, 4) is 0 Å². The molecule has 25 heavy (non-hydrogen) atoms. The molecule has 0 aliphatic rings. The molecule has 0 bridgehead atoms. The van der Waals surface area contributed by atoms with Gasteiger partial charge < -0.3 is 19.2 Å². The van der Waals surface area contributed by atoms with Gasteiger partial charge in [0.1, 0.15) is 11.7 Å². The summed E-state index contributed by atoms with van der Waals surface area (Å²) in [7, 11) is 3.36. The number of ether oxygens (including phenoxy) is 1. The first-order valence-corrected chi connectivity index (χ1v) is 6.91. The van der Waals surface area contributed by atoms with Crippen molar-refractivity contribution in [3.63, 3.8) is 0 Å². The fourth-order valence-corrected chi connectivity index (χ4v) is 1.74. The highest BCUT2D eigenvalue weighted by molar-refractivity contribution is 5.72. The Morgan fingerprint density at radius 2 is 2.04 bits per heavy atom. The molecule has 0 N–H and O–H groups in total. The molecule has 136 valence electrons. The van der Waals surface area contributed by atoms with Crippen LogP contribution in [0.4, 0.5) is 13.2 Å². The van der Waals surface area contributed by atoms with Crippen LogP contribution in [-0.4, -0.2) is 34.8 Å². The van der Waals surface area contributed by atoms with Gasteiger partial charge in [-0.2, -0.15) is 17.7 Å². The van der Waals surface area contributed by atoms with Gasteiger partial charge in [-0.15, -0.1) is 0 Å². The van der Waals surface area contributed by atoms with Crippen LogP contribution in [0.5, 0.6) is 0 Å². The molecule has 2 rings (SSSR count). The number of carboxylic acids is 1. The topological polar surface area (TPSA) is 88.1 Å². The molecule has 0 aliphatic carbocycles. The molecule has 0 aromatic carbocycles. The smallest absolute Gasteiger partial charge is 0.430 e. The number of methoxy groups -OCH3 is 1. The maximum atomic E-state index is 11.2. The number of nitrogens with zero attached hydrogens (tertiary/aromatic N) is 3. The Morgan fingerprint density at radius 1 is 1.40 bits per heavy atom. The van der Waals surface area contributed by atoms with Crippen molar-refractivity contribution in [3.05, 3.63) is 48.3 Å². The number of hydrogen-bond acceptors (Lipinski definition) is 5. The number of rotatable bonds is 4. The molecule has 0 fully saturated rings. The van der Waals surface area contributed by atoms with Gasteiger partial charge in [0.2, 0.25) is 0 Å². The third-order valence-electron chi connectivity index (χ3n) is 2.99. The standard InChI is InChI=1S/C13H16N3O2.C2HF3O2/c1-15-10-14-7-12(15)9-16-5-3-4-11(8-16)6-13(17)18-2;3-2(4,5)1(6)7/h3-5,7-8,10H,6,9H2,1-2H3;(H,6,7)/q+1;/p-1. The summed E-state index contributed by atoms with van der Waals surface area (Å²) in [4.78, 5) is 24.1. The van der Waals surface area contributed by atoms with Gasteiger partial charge in [-0.05, 0) is 6.07 Å². The van der Waals surface area contributed by atoms with Gasteiger partial charge in [-0.3, -0.25) is 4.79 Å². The Hall–Kier alpha value is -2.91. The van der Waals surface area contributed by atoms with E-state index in [4.69, 9.17) is 9.90 Å². The maximum Gasteiger partial charge on any atom is 0.430 e. The van der Waals surface area contributed by atoms with E-state index in [1.54, 1.807) is 6.33 Å². The summed E-state index contributed by atoms with van der Waals surface area (Å²) < 4.78 is 40.2. The van der Waals surface area contributed by atoms with Crippen LogP contribution in [0.3, 0.4) is 0 Å². The largest absolute Gasteiger partial charge is 0.542 e. The van der Waals surface area contributed by atoms with Gasteiger partial charge in [0.15, 0.2) is 18.9 Å². The van der Waals surface area contributed by atoms with Gasteiger partial charge in [-0.25, -0.2) is 4.98 Å². The lowest BCUT2D eigenvalue weighted by molar-refractivity contribution is -0.689. The van der Waals surface area contributed by atoms with Crippen LogP contribution < -0.4 is 9.67 Å². The number of aryl methyl sites for hydroxylation is 1. The summed E-state index contributed by atoms with van der Waals surface area (Å²) in [6.07, 6.45) is 2.62. The average Bonchev–Trinajstić information content (AvgIpc) is 2.92. The van der Waals surface area contributed by atoms with Crippen LogP contribution in [0.15, 0.2) is 37.1 Å². The highest BCUT2D eigenvalue weighted by Crippen LogP contribution is 2.11. The van der Waals surface area contributed by atoms with E-state index in [0.29, 0.717) is 6.42 Å². The number of hydrogen-bond donors (Lipinski definition) is 0. The molecule has 0 aliphatic heterocycles. The van der Waals surface area contributed by atoms with Crippen LogP contribution in [0.2, 0.25) is 0 Å². The second kappa shape index (κ2) is 8.81. The van der Waals surface area contributed by atoms with E-state index in [0.717, 1.165) is 17.8 Å². The number of alkyl halides is 3. The van der Waals surface area contributed by atoms with E-state index < -0.39 is 12.1 Å². The minimum Gasteiger partial charge on any atom is -0.542 e. The van der Waals surface area contributed by atoms with Crippen molar-refractivity contribution < 1.29 is 37.2 Å².